The Bertz CT molecular complexity index is 1370. The third-order valence-corrected chi connectivity index (χ3v) is 14.3. The minimum Gasteiger partial charge on any atom is -0.497 e. The normalized spacial score (nSPS) is 19.2. The summed E-state index contributed by atoms with van der Waals surface area (Å²) in [4.78, 5) is 13.8. The van der Waals surface area contributed by atoms with Crippen LogP contribution in [0.5, 0.6) is 5.75 Å². The van der Waals surface area contributed by atoms with Gasteiger partial charge in [0.25, 0.3) is 8.32 Å². The Kier molecular flexibility index (Phi) is 10.7. The highest BCUT2D eigenvalue weighted by atomic mass is 32.2. The quantitative estimate of drug-likeness (QED) is 0.209. The molecule has 1 fully saturated rings. The maximum Gasteiger partial charge on any atom is 0.408 e. The molecule has 11 heteroatoms. The largest absolute Gasteiger partial charge is 0.497 e. The fraction of sp³-hybridized carbons (Fsp3) is 0.406. The number of rotatable bonds is 12. The summed E-state index contributed by atoms with van der Waals surface area (Å²) >= 11 is 0. The lowest BCUT2D eigenvalue weighted by Gasteiger charge is -2.44. The molecule has 232 valence electrons. The molecule has 0 aromatic heterocycles. The number of hydrogen-bond acceptors (Lipinski definition) is 6. The first kappa shape index (κ1) is 32.7. The Morgan fingerprint density at radius 3 is 1.98 bits per heavy atom. The van der Waals surface area contributed by atoms with Crippen LogP contribution in [0.4, 0.5) is 4.79 Å². The number of thiol groups is 1. The van der Waals surface area contributed by atoms with Crippen LogP contribution in [0.2, 0.25) is 5.04 Å². The minimum absolute atomic E-state index is 0.0640. The summed E-state index contributed by atoms with van der Waals surface area (Å²) in [5.74, 6) is 0.701. The van der Waals surface area contributed by atoms with Gasteiger partial charge in [-0.1, -0.05) is 93.6 Å². The van der Waals surface area contributed by atoms with E-state index >= 15 is 0 Å². The number of carbonyl (C=O) groups is 1. The first-order valence-corrected chi connectivity index (χ1v) is 17.5. The molecule has 43 heavy (non-hydrogen) atoms. The molecule has 1 amide bonds. The predicted octanol–water partition coefficient (Wildman–Crippen LogP) is 3.12. The monoisotopic (exact) mass is 626 g/mol. The van der Waals surface area contributed by atoms with E-state index in [0.29, 0.717) is 12.2 Å². The molecular formula is C32H42N2O7SSi. The Balaban J connectivity index is 1.65. The first-order valence-electron chi connectivity index (χ1n) is 14.4. The average Bonchev–Trinajstić information content (AvgIpc) is 3.36. The Morgan fingerprint density at radius 2 is 1.53 bits per heavy atom. The van der Waals surface area contributed by atoms with Crippen LogP contribution >= 0.6 is 0 Å². The fourth-order valence-corrected chi connectivity index (χ4v) is 11.7. The minimum atomic E-state index is -3.05. The summed E-state index contributed by atoms with van der Waals surface area (Å²) in [6.07, 6.45) is -0.575. The summed E-state index contributed by atoms with van der Waals surface area (Å²) in [7, 11) is -4.44. The van der Waals surface area contributed by atoms with Crippen LogP contribution in [0.3, 0.4) is 0 Å². The third kappa shape index (κ3) is 6.96. The zero-order valence-corrected chi connectivity index (χ0v) is 27.0. The summed E-state index contributed by atoms with van der Waals surface area (Å²) in [6.45, 7) is 6.15. The van der Waals surface area contributed by atoms with Gasteiger partial charge in [0, 0.05) is 12.6 Å². The Hall–Kier alpha value is -3.22. The standard InChI is InChI=1S/C32H42N2O7SSi/c1-32(2,3)43(27-11-7-5-8-12-27,28-13-9-6-10-14-28)41-23-25-21-29(30(22-35)34(25)31(36)37)33(42(38)39)20-19-24-15-17-26(40-4)18-16-24/h5-18,25,29-30,35,42H,19-23H2,1-4H3,(H,36,37)/t25-,29-,30-/m0/s1. The highest BCUT2D eigenvalue weighted by Gasteiger charge is 2.53. The Morgan fingerprint density at radius 1 is 0.977 bits per heavy atom. The highest BCUT2D eigenvalue weighted by Crippen LogP contribution is 2.38. The molecule has 0 unspecified atom stereocenters. The van der Waals surface area contributed by atoms with E-state index in [1.807, 2.05) is 60.7 Å². The van der Waals surface area contributed by atoms with Crippen LogP contribution in [0.1, 0.15) is 32.8 Å². The lowest BCUT2D eigenvalue weighted by molar-refractivity contribution is 0.0758. The molecule has 4 rings (SSSR count). The van der Waals surface area contributed by atoms with Crippen molar-refractivity contribution in [1.29, 1.82) is 0 Å². The van der Waals surface area contributed by atoms with Crippen LogP contribution < -0.4 is 15.1 Å². The summed E-state index contributed by atoms with van der Waals surface area (Å²) in [5.41, 5.74) is 0.919. The Labute approximate surface area is 256 Å². The summed E-state index contributed by atoms with van der Waals surface area (Å²) < 4.78 is 38.6. The molecule has 1 saturated heterocycles. The van der Waals surface area contributed by atoms with E-state index in [9.17, 15) is 23.4 Å². The van der Waals surface area contributed by atoms with Crippen molar-refractivity contribution in [2.45, 2.75) is 56.8 Å². The molecule has 0 bridgehead atoms. The van der Waals surface area contributed by atoms with Gasteiger partial charge in [-0.3, -0.25) is 4.90 Å². The number of likely N-dealkylation sites (tertiary alicyclic amines) is 1. The lowest BCUT2D eigenvalue weighted by atomic mass is 10.1. The third-order valence-electron chi connectivity index (χ3n) is 8.41. The SMILES string of the molecule is COc1ccc(CCN([C@H]2C[C@@H](CO[Si](c3ccccc3)(c3ccccc3)C(C)(C)C)N(C(=O)O)[C@H]2CO)[SH](=O)=O)cc1. The van der Waals surface area contributed by atoms with Crippen molar-refractivity contribution >= 4 is 35.7 Å². The van der Waals surface area contributed by atoms with E-state index < -0.39 is 50.0 Å². The van der Waals surface area contributed by atoms with Crippen LogP contribution in [0.15, 0.2) is 84.9 Å². The molecule has 0 aliphatic carbocycles. The number of ether oxygens (including phenoxy) is 1. The molecule has 0 spiro atoms. The van der Waals surface area contributed by atoms with Crippen molar-refractivity contribution in [2.24, 2.45) is 0 Å². The van der Waals surface area contributed by atoms with Gasteiger partial charge in [-0.05, 0) is 45.9 Å². The molecule has 1 heterocycles. The van der Waals surface area contributed by atoms with Crippen molar-refractivity contribution in [1.82, 2.24) is 9.21 Å². The van der Waals surface area contributed by atoms with Gasteiger partial charge in [0.05, 0.1) is 32.4 Å². The van der Waals surface area contributed by atoms with Crippen LogP contribution in [-0.2, 0) is 21.7 Å². The van der Waals surface area contributed by atoms with E-state index in [2.05, 4.69) is 45.0 Å². The van der Waals surface area contributed by atoms with Gasteiger partial charge in [0.1, 0.15) is 5.75 Å². The van der Waals surface area contributed by atoms with Crippen molar-refractivity contribution in [3.05, 3.63) is 90.5 Å². The van der Waals surface area contributed by atoms with Crippen LogP contribution in [0, 0.1) is 0 Å². The number of hydrogen-bond donors (Lipinski definition) is 3. The number of amides is 1. The molecule has 3 aromatic carbocycles. The second-order valence-electron chi connectivity index (χ2n) is 11.9. The molecule has 0 radical (unpaired) electrons. The highest BCUT2D eigenvalue weighted by molar-refractivity contribution is 7.69. The van der Waals surface area contributed by atoms with E-state index in [1.54, 1.807) is 7.11 Å². The number of methoxy groups -OCH3 is 1. The fourth-order valence-electron chi connectivity index (χ4n) is 6.37. The zero-order chi connectivity index (χ0) is 31.2. The predicted molar refractivity (Wildman–Crippen MR) is 170 cm³/mol. The van der Waals surface area contributed by atoms with Gasteiger partial charge in [0.15, 0.2) is 0 Å². The molecule has 9 nitrogen and oxygen atoms in total. The van der Waals surface area contributed by atoms with Crippen LogP contribution in [0.25, 0.3) is 0 Å². The molecule has 2 N–H and O–H groups in total. The lowest BCUT2D eigenvalue weighted by Crippen LogP contribution is -2.67. The maximum atomic E-state index is 12.6. The molecule has 3 aromatic rings. The molecule has 1 aliphatic rings. The maximum absolute atomic E-state index is 12.6. The van der Waals surface area contributed by atoms with Crippen molar-refractivity contribution in [3.63, 3.8) is 0 Å². The molecule has 3 atom stereocenters. The number of nitrogens with zero attached hydrogens (tertiary/aromatic N) is 2. The molecule has 0 saturated carbocycles. The molecular weight excluding hydrogens is 585 g/mol. The van der Waals surface area contributed by atoms with Crippen LogP contribution in [-0.4, -0.2) is 87.2 Å². The number of carboxylic acid groups (broad SMARTS) is 1. The van der Waals surface area contributed by atoms with E-state index in [4.69, 9.17) is 9.16 Å². The summed E-state index contributed by atoms with van der Waals surface area (Å²) in [5, 5.41) is 22.5. The number of aliphatic hydroxyl groups excluding tert-OH is 1. The van der Waals surface area contributed by atoms with Gasteiger partial charge >= 0.3 is 6.09 Å². The first-order chi connectivity index (χ1) is 20.5. The zero-order valence-electron chi connectivity index (χ0n) is 25.1. The van der Waals surface area contributed by atoms with Crippen molar-refractivity contribution < 1.29 is 32.6 Å². The van der Waals surface area contributed by atoms with Gasteiger partial charge in [0.2, 0.25) is 10.9 Å². The average molecular weight is 627 g/mol. The van der Waals surface area contributed by atoms with Gasteiger partial charge in [-0.15, -0.1) is 0 Å². The van der Waals surface area contributed by atoms with E-state index in [0.717, 1.165) is 15.9 Å². The smallest absolute Gasteiger partial charge is 0.408 e. The number of aliphatic hydroxyl groups is 1. The second-order valence-corrected chi connectivity index (χ2v) is 17.2. The van der Waals surface area contributed by atoms with Gasteiger partial charge in [-0.25, -0.2) is 13.2 Å². The second kappa shape index (κ2) is 14.0. The van der Waals surface area contributed by atoms with Crippen molar-refractivity contribution in [3.8, 4) is 5.75 Å². The van der Waals surface area contributed by atoms with Crippen molar-refractivity contribution in [2.75, 3.05) is 26.9 Å². The van der Waals surface area contributed by atoms with E-state index in [1.165, 1.54) is 9.21 Å². The van der Waals surface area contributed by atoms with Gasteiger partial charge < -0.3 is 19.4 Å². The molecule has 1 aliphatic heterocycles. The number of benzene rings is 3. The van der Waals surface area contributed by atoms with Gasteiger partial charge in [-0.2, -0.15) is 4.31 Å². The summed E-state index contributed by atoms with van der Waals surface area (Å²) in [6, 6.07) is 25.2. The van der Waals surface area contributed by atoms with E-state index in [-0.39, 0.29) is 24.6 Å². The topological polar surface area (TPSA) is 117 Å².